The first-order chi connectivity index (χ1) is 8.36. The number of carbonyl (C=O) groups is 1. The van der Waals surface area contributed by atoms with Crippen LogP contribution in [0.4, 0.5) is 18.3 Å². The minimum Gasteiger partial charge on any atom is -0.328 e. The molecule has 0 radical (unpaired) electrons. The third-order valence-corrected chi connectivity index (χ3v) is 3.63. The zero-order valence-corrected chi connectivity index (χ0v) is 10.0. The molecule has 1 aromatic rings. The molecule has 1 amide bonds. The summed E-state index contributed by atoms with van der Waals surface area (Å²) >= 11 is 0.317. The number of alkyl halides is 3. The summed E-state index contributed by atoms with van der Waals surface area (Å²) in [5.41, 5.74) is 5.66. The predicted molar refractivity (Wildman–Crippen MR) is 58.9 cm³/mol. The van der Waals surface area contributed by atoms with E-state index in [2.05, 4.69) is 15.5 Å². The highest BCUT2D eigenvalue weighted by Gasteiger charge is 2.36. The molecule has 0 spiro atoms. The van der Waals surface area contributed by atoms with E-state index in [1.54, 1.807) is 0 Å². The molecule has 2 unspecified atom stereocenters. The van der Waals surface area contributed by atoms with Crippen LogP contribution in [-0.2, 0) is 11.0 Å². The van der Waals surface area contributed by atoms with E-state index >= 15 is 0 Å². The third kappa shape index (κ3) is 2.96. The van der Waals surface area contributed by atoms with E-state index in [1.807, 2.05) is 0 Å². The molecule has 1 aliphatic rings. The van der Waals surface area contributed by atoms with Crippen LogP contribution in [-0.4, -0.2) is 22.1 Å². The lowest BCUT2D eigenvalue weighted by atomic mass is 10.1. The van der Waals surface area contributed by atoms with Crippen LogP contribution in [0.15, 0.2) is 0 Å². The Morgan fingerprint density at radius 1 is 1.39 bits per heavy atom. The second-order valence-corrected chi connectivity index (χ2v) is 5.15. The molecule has 1 aliphatic carbocycles. The Bertz CT molecular complexity index is 447. The summed E-state index contributed by atoms with van der Waals surface area (Å²) in [6, 6.07) is -0.0130. The maximum absolute atomic E-state index is 12.3. The molecule has 1 aromatic heterocycles. The van der Waals surface area contributed by atoms with Gasteiger partial charge in [0.25, 0.3) is 0 Å². The fraction of sp³-hybridized carbons (Fsp3) is 0.667. The smallest absolute Gasteiger partial charge is 0.328 e. The van der Waals surface area contributed by atoms with Crippen molar-refractivity contribution in [3.05, 3.63) is 5.01 Å². The second kappa shape index (κ2) is 4.81. The van der Waals surface area contributed by atoms with Gasteiger partial charge in [0.05, 0.1) is 0 Å². The molecule has 0 aromatic carbocycles. The summed E-state index contributed by atoms with van der Waals surface area (Å²) in [5.74, 6) is -0.592. The van der Waals surface area contributed by atoms with Crippen molar-refractivity contribution >= 4 is 22.4 Å². The maximum atomic E-state index is 12.3. The molecule has 1 fully saturated rings. The summed E-state index contributed by atoms with van der Waals surface area (Å²) in [5, 5.41) is 7.43. The molecule has 9 heteroatoms. The number of nitrogens with zero attached hydrogens (tertiary/aromatic N) is 2. The molecule has 3 N–H and O–H groups in total. The minimum atomic E-state index is -4.53. The highest BCUT2D eigenvalue weighted by molar-refractivity contribution is 7.15. The van der Waals surface area contributed by atoms with Gasteiger partial charge in [-0.2, -0.15) is 13.2 Å². The van der Waals surface area contributed by atoms with Crippen molar-refractivity contribution in [3.63, 3.8) is 0 Å². The number of rotatable bonds is 2. The lowest BCUT2D eigenvalue weighted by molar-refractivity contribution is -0.138. The van der Waals surface area contributed by atoms with Crippen molar-refractivity contribution in [2.75, 3.05) is 5.32 Å². The monoisotopic (exact) mass is 280 g/mol. The summed E-state index contributed by atoms with van der Waals surface area (Å²) in [6.45, 7) is 0. The quantitative estimate of drug-likeness (QED) is 0.862. The van der Waals surface area contributed by atoms with Gasteiger partial charge in [0.1, 0.15) is 0 Å². The van der Waals surface area contributed by atoms with Gasteiger partial charge >= 0.3 is 6.18 Å². The molecule has 2 rings (SSSR count). The number of nitrogens with two attached hydrogens (primary N) is 1. The Balaban J connectivity index is 1.97. The first-order valence-electron chi connectivity index (χ1n) is 5.33. The lowest BCUT2D eigenvalue weighted by Gasteiger charge is -2.07. The maximum Gasteiger partial charge on any atom is 0.445 e. The van der Waals surface area contributed by atoms with Gasteiger partial charge in [0.15, 0.2) is 0 Å². The number of nitrogens with one attached hydrogen (secondary N) is 1. The van der Waals surface area contributed by atoms with Crippen molar-refractivity contribution in [1.29, 1.82) is 0 Å². The van der Waals surface area contributed by atoms with E-state index in [4.69, 9.17) is 5.73 Å². The molecule has 2 atom stereocenters. The van der Waals surface area contributed by atoms with Crippen LogP contribution in [0.5, 0.6) is 0 Å². The first kappa shape index (κ1) is 13.2. The highest BCUT2D eigenvalue weighted by Crippen LogP contribution is 2.33. The van der Waals surface area contributed by atoms with Crippen molar-refractivity contribution < 1.29 is 18.0 Å². The topological polar surface area (TPSA) is 80.9 Å². The Kier molecular flexibility index (Phi) is 3.53. The van der Waals surface area contributed by atoms with Crippen LogP contribution in [0.25, 0.3) is 0 Å². The number of aromatic nitrogens is 2. The van der Waals surface area contributed by atoms with E-state index in [0.717, 1.165) is 6.42 Å². The van der Waals surface area contributed by atoms with Crippen molar-refractivity contribution in [3.8, 4) is 0 Å². The minimum absolute atomic E-state index is 0.0130. The van der Waals surface area contributed by atoms with E-state index in [1.165, 1.54) is 0 Å². The van der Waals surface area contributed by atoms with Crippen molar-refractivity contribution in [2.45, 2.75) is 31.5 Å². The second-order valence-electron chi connectivity index (χ2n) is 4.17. The molecule has 100 valence electrons. The van der Waals surface area contributed by atoms with Gasteiger partial charge in [0, 0.05) is 12.0 Å². The van der Waals surface area contributed by atoms with Gasteiger partial charge in [-0.25, -0.2) is 0 Å². The molecule has 0 aliphatic heterocycles. The Morgan fingerprint density at radius 3 is 2.61 bits per heavy atom. The van der Waals surface area contributed by atoms with Gasteiger partial charge in [0.2, 0.25) is 16.0 Å². The standard InChI is InChI=1S/C9H11F3N4OS/c10-9(11,12)7-15-16-8(18-7)14-6(17)4-1-2-5(13)3-4/h4-5H,1-3,13H2,(H,14,16,17). The Morgan fingerprint density at radius 2 is 2.11 bits per heavy atom. The number of amides is 1. The summed E-state index contributed by atoms with van der Waals surface area (Å²) in [6.07, 6.45) is -2.58. The van der Waals surface area contributed by atoms with E-state index < -0.39 is 11.2 Å². The van der Waals surface area contributed by atoms with Crippen LogP contribution < -0.4 is 11.1 Å². The van der Waals surface area contributed by atoms with E-state index in [9.17, 15) is 18.0 Å². The highest BCUT2D eigenvalue weighted by atomic mass is 32.1. The average Bonchev–Trinajstić information content (AvgIpc) is 2.85. The van der Waals surface area contributed by atoms with Crippen LogP contribution >= 0.6 is 11.3 Å². The van der Waals surface area contributed by atoms with Crippen LogP contribution in [0.3, 0.4) is 0 Å². The molecule has 18 heavy (non-hydrogen) atoms. The summed E-state index contributed by atoms with van der Waals surface area (Å²) in [7, 11) is 0. The first-order valence-corrected chi connectivity index (χ1v) is 6.15. The lowest BCUT2D eigenvalue weighted by Crippen LogP contribution is -2.23. The molecular formula is C9H11F3N4OS. The van der Waals surface area contributed by atoms with Gasteiger partial charge in [-0.05, 0) is 19.3 Å². The van der Waals surface area contributed by atoms with Gasteiger partial charge < -0.3 is 11.1 Å². The van der Waals surface area contributed by atoms with Gasteiger partial charge in [-0.15, -0.1) is 10.2 Å². The number of halogens is 3. The molecular weight excluding hydrogens is 269 g/mol. The molecule has 0 bridgehead atoms. The summed E-state index contributed by atoms with van der Waals surface area (Å²) < 4.78 is 36.8. The number of carbonyl (C=O) groups excluding carboxylic acids is 1. The van der Waals surface area contributed by atoms with Crippen molar-refractivity contribution in [2.24, 2.45) is 11.7 Å². The largest absolute Gasteiger partial charge is 0.445 e. The number of hydrogen-bond acceptors (Lipinski definition) is 5. The molecule has 0 saturated heterocycles. The van der Waals surface area contributed by atoms with Gasteiger partial charge in [-0.1, -0.05) is 11.3 Å². The van der Waals surface area contributed by atoms with Crippen LogP contribution in [0.2, 0.25) is 0 Å². The third-order valence-electron chi connectivity index (χ3n) is 2.74. The zero-order valence-electron chi connectivity index (χ0n) is 9.20. The SMILES string of the molecule is NC1CCC(C(=O)Nc2nnc(C(F)(F)F)s2)C1. The predicted octanol–water partition coefficient (Wildman–Crippen LogP) is 1.62. The van der Waals surface area contributed by atoms with Crippen LogP contribution in [0, 0.1) is 5.92 Å². The number of hydrogen-bond donors (Lipinski definition) is 2. The van der Waals surface area contributed by atoms with E-state index in [0.29, 0.717) is 24.2 Å². The zero-order chi connectivity index (χ0) is 13.3. The number of anilines is 1. The molecule has 5 nitrogen and oxygen atoms in total. The average molecular weight is 280 g/mol. The summed E-state index contributed by atoms with van der Waals surface area (Å²) in [4.78, 5) is 11.7. The molecule has 1 saturated carbocycles. The van der Waals surface area contributed by atoms with Crippen molar-refractivity contribution in [1.82, 2.24) is 10.2 Å². The Hall–Kier alpha value is -1.22. The fourth-order valence-corrected chi connectivity index (χ4v) is 2.46. The van der Waals surface area contributed by atoms with Gasteiger partial charge in [-0.3, -0.25) is 4.79 Å². The molecule has 1 heterocycles. The Labute approximate surface area is 105 Å². The fourth-order valence-electron chi connectivity index (χ4n) is 1.85. The van der Waals surface area contributed by atoms with E-state index in [-0.39, 0.29) is 23.0 Å². The normalized spacial score (nSPS) is 24.2. The van der Waals surface area contributed by atoms with Crippen LogP contribution in [0.1, 0.15) is 24.3 Å².